The Morgan fingerprint density at radius 1 is 1.23 bits per heavy atom. The molecule has 2 rings (SSSR count). The van der Waals surface area contributed by atoms with Crippen molar-refractivity contribution in [2.24, 2.45) is 0 Å². The maximum atomic E-state index is 12.1. The molecule has 0 saturated carbocycles. The number of hydrogen-bond donors (Lipinski definition) is 2. The number of anilines is 1. The molecule has 6 heteroatoms. The maximum Gasteiger partial charge on any atom is 0.339 e. The van der Waals surface area contributed by atoms with Crippen molar-refractivity contribution in [2.75, 3.05) is 12.8 Å². The molecule has 1 amide bonds. The van der Waals surface area contributed by atoms with Gasteiger partial charge in [0.15, 0.2) is 0 Å². The predicted octanol–water partition coefficient (Wildman–Crippen LogP) is 2.75. The Balaban J connectivity index is 2.07. The van der Waals surface area contributed by atoms with E-state index in [-0.39, 0.29) is 5.91 Å². The van der Waals surface area contributed by atoms with Gasteiger partial charge in [0.05, 0.1) is 12.7 Å². The second kappa shape index (κ2) is 7.09. The van der Waals surface area contributed by atoms with Crippen molar-refractivity contribution in [3.8, 4) is 0 Å². The monoisotopic (exact) mass is 362 g/mol. The molecule has 0 unspecified atom stereocenters. The molecule has 0 aromatic heterocycles. The summed E-state index contributed by atoms with van der Waals surface area (Å²) in [5, 5.41) is 2.80. The third-order valence-electron chi connectivity index (χ3n) is 3.04. The van der Waals surface area contributed by atoms with Crippen LogP contribution >= 0.6 is 15.9 Å². The van der Waals surface area contributed by atoms with Crippen LogP contribution in [0, 0.1) is 0 Å². The number of methoxy groups -OCH3 is 1. The molecule has 0 spiro atoms. The average molecular weight is 363 g/mol. The summed E-state index contributed by atoms with van der Waals surface area (Å²) in [5.74, 6) is -0.696. The topological polar surface area (TPSA) is 81.4 Å². The lowest BCUT2D eigenvalue weighted by atomic mass is 10.1. The summed E-state index contributed by atoms with van der Waals surface area (Å²) < 4.78 is 5.16. The van der Waals surface area contributed by atoms with Gasteiger partial charge in [-0.3, -0.25) is 4.79 Å². The van der Waals surface area contributed by atoms with Crippen molar-refractivity contribution >= 4 is 33.5 Å². The fourth-order valence-electron chi connectivity index (χ4n) is 1.92. The van der Waals surface area contributed by atoms with E-state index in [1.54, 1.807) is 30.3 Å². The van der Waals surface area contributed by atoms with Crippen LogP contribution in [0.15, 0.2) is 46.9 Å². The van der Waals surface area contributed by atoms with Crippen LogP contribution in [0.1, 0.15) is 26.3 Å². The van der Waals surface area contributed by atoms with Crippen molar-refractivity contribution in [1.29, 1.82) is 0 Å². The Morgan fingerprint density at radius 3 is 2.64 bits per heavy atom. The first-order valence-electron chi connectivity index (χ1n) is 6.51. The van der Waals surface area contributed by atoms with Crippen molar-refractivity contribution in [3.63, 3.8) is 0 Å². The summed E-state index contributed by atoms with van der Waals surface area (Å²) in [4.78, 5) is 23.6. The van der Waals surface area contributed by atoms with Crippen LogP contribution in [-0.4, -0.2) is 19.0 Å². The molecule has 3 N–H and O–H groups in total. The van der Waals surface area contributed by atoms with E-state index in [0.717, 1.165) is 5.56 Å². The Hall–Kier alpha value is -2.34. The first-order chi connectivity index (χ1) is 10.5. The zero-order chi connectivity index (χ0) is 16.1. The van der Waals surface area contributed by atoms with Gasteiger partial charge in [-0.1, -0.05) is 12.1 Å². The molecule has 2 aromatic rings. The number of nitrogen functional groups attached to an aromatic ring is 1. The van der Waals surface area contributed by atoms with Crippen LogP contribution < -0.4 is 11.1 Å². The number of esters is 1. The summed E-state index contributed by atoms with van der Waals surface area (Å²) in [6.07, 6.45) is 0. The fourth-order valence-corrected chi connectivity index (χ4v) is 2.46. The summed E-state index contributed by atoms with van der Waals surface area (Å²) in [6.45, 7) is 0.375. The van der Waals surface area contributed by atoms with E-state index in [2.05, 4.69) is 26.0 Å². The van der Waals surface area contributed by atoms with Crippen LogP contribution in [0.3, 0.4) is 0 Å². The molecule has 0 bridgehead atoms. The molecule has 22 heavy (non-hydrogen) atoms. The van der Waals surface area contributed by atoms with Crippen LogP contribution in [-0.2, 0) is 11.3 Å². The third kappa shape index (κ3) is 3.85. The molecule has 0 aliphatic carbocycles. The zero-order valence-corrected chi connectivity index (χ0v) is 13.5. The van der Waals surface area contributed by atoms with Crippen molar-refractivity contribution < 1.29 is 14.3 Å². The number of rotatable bonds is 4. The van der Waals surface area contributed by atoms with Gasteiger partial charge < -0.3 is 15.8 Å². The normalized spacial score (nSPS) is 10.1. The first-order valence-corrected chi connectivity index (χ1v) is 7.31. The average Bonchev–Trinajstić information content (AvgIpc) is 2.51. The summed E-state index contributed by atoms with van der Waals surface area (Å²) in [6, 6.07) is 12.0. The zero-order valence-electron chi connectivity index (χ0n) is 11.9. The van der Waals surface area contributed by atoms with Gasteiger partial charge in [0.1, 0.15) is 0 Å². The number of ether oxygens (including phenoxy) is 1. The number of halogens is 1. The maximum absolute atomic E-state index is 12.1. The lowest BCUT2D eigenvalue weighted by Crippen LogP contribution is -2.23. The summed E-state index contributed by atoms with van der Waals surface area (Å²) >= 11 is 3.27. The number of benzene rings is 2. The Morgan fingerprint density at radius 2 is 2.00 bits per heavy atom. The number of nitrogens with two attached hydrogens (primary N) is 1. The van der Waals surface area contributed by atoms with E-state index in [0.29, 0.717) is 27.8 Å². The minimum absolute atomic E-state index is 0.237. The fraction of sp³-hybridized carbons (Fsp3) is 0.125. The van der Waals surface area contributed by atoms with Crippen LogP contribution in [0.4, 0.5) is 5.69 Å². The smallest absolute Gasteiger partial charge is 0.339 e. The number of amides is 1. The molecule has 0 aliphatic heterocycles. The highest BCUT2D eigenvalue weighted by Crippen LogP contribution is 2.19. The molecule has 0 fully saturated rings. The molecule has 0 aliphatic rings. The Labute approximate surface area is 136 Å². The van der Waals surface area contributed by atoms with Crippen LogP contribution in [0.25, 0.3) is 0 Å². The van der Waals surface area contributed by atoms with Crippen LogP contribution in [0.5, 0.6) is 0 Å². The van der Waals surface area contributed by atoms with Crippen molar-refractivity contribution in [1.82, 2.24) is 5.32 Å². The molecule has 0 heterocycles. The summed E-state index contributed by atoms with van der Waals surface area (Å²) in [7, 11) is 1.31. The van der Waals surface area contributed by atoms with E-state index >= 15 is 0 Å². The van der Waals surface area contributed by atoms with E-state index in [9.17, 15) is 9.59 Å². The second-order valence-corrected chi connectivity index (χ2v) is 5.47. The highest BCUT2D eigenvalue weighted by molar-refractivity contribution is 9.10. The van der Waals surface area contributed by atoms with E-state index in [1.807, 2.05) is 12.1 Å². The third-order valence-corrected chi connectivity index (χ3v) is 3.70. The quantitative estimate of drug-likeness (QED) is 0.647. The predicted molar refractivity (Wildman–Crippen MR) is 87.5 cm³/mol. The standard InChI is InChI=1S/C16H15BrN2O3/c1-22-16(21)13-6-5-11(8-14(13)17)15(20)19-9-10-3-2-4-12(18)7-10/h2-8H,9,18H2,1H3,(H,19,20). The number of nitrogens with one attached hydrogen (secondary N) is 1. The van der Waals surface area contributed by atoms with Crippen molar-refractivity contribution in [3.05, 3.63) is 63.6 Å². The van der Waals surface area contributed by atoms with Gasteiger partial charge in [-0.05, 0) is 51.8 Å². The summed E-state index contributed by atoms with van der Waals surface area (Å²) in [5.41, 5.74) is 8.07. The van der Waals surface area contributed by atoms with E-state index in [4.69, 9.17) is 5.73 Å². The SMILES string of the molecule is COC(=O)c1ccc(C(=O)NCc2cccc(N)c2)cc1Br. The minimum Gasteiger partial charge on any atom is -0.465 e. The van der Waals surface area contributed by atoms with Gasteiger partial charge >= 0.3 is 5.97 Å². The molecule has 2 aromatic carbocycles. The molecule has 5 nitrogen and oxygen atoms in total. The van der Waals surface area contributed by atoms with Gasteiger partial charge in [0.2, 0.25) is 0 Å². The minimum atomic E-state index is -0.460. The molecular weight excluding hydrogens is 348 g/mol. The number of hydrogen-bond acceptors (Lipinski definition) is 4. The largest absolute Gasteiger partial charge is 0.465 e. The second-order valence-electron chi connectivity index (χ2n) is 4.61. The van der Waals surface area contributed by atoms with Gasteiger partial charge in [-0.2, -0.15) is 0 Å². The van der Waals surface area contributed by atoms with E-state index in [1.165, 1.54) is 7.11 Å². The highest BCUT2D eigenvalue weighted by atomic mass is 79.9. The Kier molecular flexibility index (Phi) is 5.16. The molecular formula is C16H15BrN2O3. The Bertz CT molecular complexity index is 716. The van der Waals surface area contributed by atoms with Gasteiger partial charge in [0, 0.05) is 22.3 Å². The van der Waals surface area contributed by atoms with Gasteiger partial charge in [0.25, 0.3) is 5.91 Å². The number of carbonyl (C=O) groups is 2. The molecule has 114 valence electrons. The molecule has 0 radical (unpaired) electrons. The number of carbonyl (C=O) groups excluding carboxylic acids is 2. The lowest BCUT2D eigenvalue weighted by Gasteiger charge is -2.08. The first kappa shape index (κ1) is 16.0. The van der Waals surface area contributed by atoms with E-state index < -0.39 is 5.97 Å². The van der Waals surface area contributed by atoms with Crippen molar-refractivity contribution in [2.45, 2.75) is 6.54 Å². The van der Waals surface area contributed by atoms with Gasteiger partial charge in [-0.15, -0.1) is 0 Å². The molecule has 0 atom stereocenters. The highest BCUT2D eigenvalue weighted by Gasteiger charge is 2.13. The van der Waals surface area contributed by atoms with Gasteiger partial charge in [-0.25, -0.2) is 4.79 Å². The molecule has 0 saturated heterocycles. The van der Waals surface area contributed by atoms with Crippen LogP contribution in [0.2, 0.25) is 0 Å². The lowest BCUT2D eigenvalue weighted by molar-refractivity contribution is 0.0599.